The van der Waals surface area contributed by atoms with Crippen LogP contribution in [-0.4, -0.2) is 33.2 Å². The predicted molar refractivity (Wildman–Crippen MR) is 145 cm³/mol. The lowest BCUT2D eigenvalue weighted by molar-refractivity contribution is 0.189. The Morgan fingerprint density at radius 3 is 2.67 bits per heavy atom. The first kappa shape index (κ1) is 23.2. The van der Waals surface area contributed by atoms with Gasteiger partial charge in [-0.15, -0.1) is 0 Å². The molecule has 2 aromatic carbocycles. The molecule has 2 heterocycles. The van der Waals surface area contributed by atoms with Gasteiger partial charge in [-0.2, -0.15) is 5.10 Å². The molecule has 2 aliphatic rings. The molecule has 6 rings (SSSR count). The standard InChI is InChI=1S/C31H36N4O/c1-20-26(19-35(3)29-17-8-11-22-10-4-7-14-24(22)29)30(36-23-12-5-6-13-23)18-28(32-20)25-15-9-16-27-31(25)21(2)33-34-27/h4,7,9-10,14-16,18,23,29H,5-6,8,11-13,17,19H2,1-3H3,(H,33,34)/t29-/m0/s1. The van der Waals surface area contributed by atoms with Crippen molar-refractivity contribution < 1.29 is 4.74 Å². The second kappa shape index (κ2) is 9.70. The average molecular weight is 481 g/mol. The molecule has 1 saturated carbocycles. The summed E-state index contributed by atoms with van der Waals surface area (Å²) in [6.07, 6.45) is 8.69. The van der Waals surface area contributed by atoms with Gasteiger partial charge in [0, 0.05) is 40.9 Å². The Kier molecular flexibility index (Phi) is 6.26. The molecule has 1 atom stereocenters. The smallest absolute Gasteiger partial charge is 0.128 e. The fraction of sp³-hybridized carbons (Fsp3) is 0.419. The number of fused-ring (bicyclic) bond motifs is 2. The van der Waals surface area contributed by atoms with Gasteiger partial charge in [0.05, 0.1) is 23.0 Å². The van der Waals surface area contributed by atoms with Crippen molar-refractivity contribution in [1.29, 1.82) is 0 Å². The van der Waals surface area contributed by atoms with Gasteiger partial charge in [-0.3, -0.25) is 15.0 Å². The van der Waals surface area contributed by atoms with Crippen molar-refractivity contribution in [2.24, 2.45) is 0 Å². The maximum absolute atomic E-state index is 6.74. The first-order chi connectivity index (χ1) is 17.6. The van der Waals surface area contributed by atoms with Crippen molar-refractivity contribution in [2.45, 2.75) is 77.5 Å². The molecular weight excluding hydrogens is 444 g/mol. The van der Waals surface area contributed by atoms with Crippen LogP contribution in [0.2, 0.25) is 0 Å². The quantitative estimate of drug-likeness (QED) is 0.321. The Hall–Kier alpha value is -3.18. The van der Waals surface area contributed by atoms with Gasteiger partial charge in [0.1, 0.15) is 5.75 Å². The van der Waals surface area contributed by atoms with Crippen LogP contribution in [-0.2, 0) is 13.0 Å². The van der Waals surface area contributed by atoms with Crippen molar-refractivity contribution in [3.05, 3.63) is 76.6 Å². The maximum Gasteiger partial charge on any atom is 0.128 e. The summed E-state index contributed by atoms with van der Waals surface area (Å²) in [6.45, 7) is 5.02. The van der Waals surface area contributed by atoms with E-state index < -0.39 is 0 Å². The lowest BCUT2D eigenvalue weighted by Crippen LogP contribution is -2.28. The van der Waals surface area contributed by atoms with E-state index in [0.717, 1.165) is 58.7 Å². The van der Waals surface area contributed by atoms with Gasteiger partial charge in [0.25, 0.3) is 0 Å². The SMILES string of the molecule is Cc1nc(-c2cccc3[nH]nc(C)c23)cc(OC2CCCC2)c1CN(C)[C@H]1CCCc2ccccc21. The number of aromatic amines is 1. The van der Waals surface area contributed by atoms with E-state index in [9.17, 15) is 0 Å². The van der Waals surface area contributed by atoms with E-state index in [-0.39, 0.29) is 0 Å². The molecule has 1 fully saturated rings. The Balaban J connectivity index is 1.39. The molecule has 36 heavy (non-hydrogen) atoms. The average Bonchev–Trinajstić information content (AvgIpc) is 3.55. The van der Waals surface area contributed by atoms with Gasteiger partial charge in [0.2, 0.25) is 0 Å². The third-order valence-electron chi connectivity index (χ3n) is 8.21. The minimum absolute atomic E-state index is 0.297. The normalized spacial score (nSPS) is 18.2. The highest BCUT2D eigenvalue weighted by Gasteiger charge is 2.26. The largest absolute Gasteiger partial charge is 0.490 e. The lowest BCUT2D eigenvalue weighted by Gasteiger charge is -2.34. The number of nitrogens with one attached hydrogen (secondary N) is 1. The highest BCUT2D eigenvalue weighted by atomic mass is 16.5. The van der Waals surface area contributed by atoms with Gasteiger partial charge in [-0.25, -0.2) is 0 Å². The van der Waals surface area contributed by atoms with Crippen LogP contribution in [0.3, 0.4) is 0 Å². The van der Waals surface area contributed by atoms with Crippen LogP contribution in [0.15, 0.2) is 48.5 Å². The Bertz CT molecular complexity index is 1380. The van der Waals surface area contributed by atoms with E-state index in [2.05, 4.69) is 84.5 Å². The number of ether oxygens (including phenoxy) is 1. The van der Waals surface area contributed by atoms with Crippen molar-refractivity contribution in [2.75, 3.05) is 7.05 Å². The van der Waals surface area contributed by atoms with Gasteiger partial charge in [-0.1, -0.05) is 36.4 Å². The summed E-state index contributed by atoms with van der Waals surface area (Å²) in [7, 11) is 2.26. The van der Waals surface area contributed by atoms with Crippen LogP contribution in [0.5, 0.6) is 5.75 Å². The molecule has 0 saturated heterocycles. The topological polar surface area (TPSA) is 54.0 Å². The first-order valence-electron chi connectivity index (χ1n) is 13.5. The zero-order valence-electron chi connectivity index (χ0n) is 21.7. The van der Waals surface area contributed by atoms with E-state index in [0.29, 0.717) is 12.1 Å². The summed E-state index contributed by atoms with van der Waals surface area (Å²) in [6, 6.07) is 17.9. The fourth-order valence-electron chi connectivity index (χ4n) is 6.29. The molecule has 5 nitrogen and oxygen atoms in total. The van der Waals surface area contributed by atoms with Crippen molar-refractivity contribution in [1.82, 2.24) is 20.1 Å². The number of benzene rings is 2. The van der Waals surface area contributed by atoms with Gasteiger partial charge >= 0.3 is 0 Å². The van der Waals surface area contributed by atoms with Crippen molar-refractivity contribution in [3.63, 3.8) is 0 Å². The van der Waals surface area contributed by atoms with Crippen LogP contribution in [0.25, 0.3) is 22.2 Å². The summed E-state index contributed by atoms with van der Waals surface area (Å²) in [5, 5.41) is 8.74. The molecule has 0 radical (unpaired) electrons. The zero-order valence-corrected chi connectivity index (χ0v) is 21.7. The van der Waals surface area contributed by atoms with E-state index in [1.165, 1.54) is 48.8 Å². The van der Waals surface area contributed by atoms with Crippen LogP contribution in [0.1, 0.15) is 72.6 Å². The Labute approximate surface area is 213 Å². The lowest BCUT2D eigenvalue weighted by atomic mass is 9.87. The zero-order chi connectivity index (χ0) is 24.6. The molecular formula is C31H36N4O. The molecule has 0 spiro atoms. The summed E-state index contributed by atoms with van der Waals surface area (Å²) in [5.41, 5.74) is 9.36. The molecule has 2 aromatic heterocycles. The fourth-order valence-corrected chi connectivity index (χ4v) is 6.29. The molecule has 5 heteroatoms. The number of H-pyrrole nitrogens is 1. The summed E-state index contributed by atoms with van der Waals surface area (Å²) in [5.74, 6) is 0.999. The van der Waals surface area contributed by atoms with Gasteiger partial charge in [-0.05, 0) is 83.0 Å². The van der Waals surface area contributed by atoms with Crippen LogP contribution >= 0.6 is 0 Å². The number of aromatic nitrogens is 3. The van der Waals surface area contributed by atoms with Crippen molar-refractivity contribution >= 4 is 10.9 Å². The molecule has 0 unspecified atom stereocenters. The minimum atomic E-state index is 0.297. The van der Waals surface area contributed by atoms with Crippen LogP contribution < -0.4 is 4.74 Å². The number of aryl methyl sites for hydroxylation is 3. The highest BCUT2D eigenvalue weighted by molar-refractivity contribution is 5.95. The summed E-state index contributed by atoms with van der Waals surface area (Å²) in [4.78, 5) is 7.65. The van der Waals surface area contributed by atoms with Crippen LogP contribution in [0.4, 0.5) is 0 Å². The van der Waals surface area contributed by atoms with E-state index in [4.69, 9.17) is 9.72 Å². The third-order valence-corrected chi connectivity index (χ3v) is 8.21. The van der Waals surface area contributed by atoms with Crippen molar-refractivity contribution in [3.8, 4) is 17.0 Å². The van der Waals surface area contributed by atoms with E-state index in [1.54, 1.807) is 0 Å². The first-order valence-corrected chi connectivity index (χ1v) is 13.5. The number of nitrogens with zero attached hydrogens (tertiary/aromatic N) is 3. The second-order valence-corrected chi connectivity index (χ2v) is 10.7. The Morgan fingerprint density at radius 1 is 0.972 bits per heavy atom. The number of hydrogen-bond acceptors (Lipinski definition) is 4. The monoisotopic (exact) mass is 480 g/mol. The molecule has 0 amide bonds. The second-order valence-electron chi connectivity index (χ2n) is 10.7. The molecule has 4 aromatic rings. The number of hydrogen-bond donors (Lipinski definition) is 1. The molecule has 0 aliphatic heterocycles. The molecule has 1 N–H and O–H groups in total. The molecule has 186 valence electrons. The van der Waals surface area contributed by atoms with Gasteiger partial charge in [0.15, 0.2) is 0 Å². The van der Waals surface area contributed by atoms with E-state index in [1.807, 2.05) is 0 Å². The summed E-state index contributed by atoms with van der Waals surface area (Å²) < 4.78 is 6.74. The molecule has 0 bridgehead atoms. The summed E-state index contributed by atoms with van der Waals surface area (Å²) >= 11 is 0. The predicted octanol–water partition coefficient (Wildman–Crippen LogP) is 7.07. The number of pyridine rings is 1. The maximum atomic E-state index is 6.74. The van der Waals surface area contributed by atoms with E-state index >= 15 is 0 Å². The molecule has 2 aliphatic carbocycles. The minimum Gasteiger partial charge on any atom is -0.490 e. The highest BCUT2D eigenvalue weighted by Crippen LogP contribution is 2.38. The Morgan fingerprint density at radius 2 is 1.81 bits per heavy atom. The third kappa shape index (κ3) is 4.30. The van der Waals surface area contributed by atoms with Gasteiger partial charge < -0.3 is 4.74 Å². The van der Waals surface area contributed by atoms with Crippen LogP contribution in [0, 0.1) is 13.8 Å². The number of rotatable bonds is 6.